The number of H-pyrrole nitrogens is 1. The van der Waals surface area contributed by atoms with Crippen LogP contribution in [0, 0.1) is 0 Å². The number of ether oxygens (including phenoxy) is 3. The van der Waals surface area contributed by atoms with E-state index in [4.69, 9.17) is 0 Å². The Hall–Kier alpha value is -2.05. The zero-order valence-electron chi connectivity index (χ0n) is 8.93. The Morgan fingerprint density at radius 3 is 2.75 bits per heavy atom. The lowest BCUT2D eigenvalue weighted by Crippen LogP contribution is -2.17. The van der Waals surface area contributed by atoms with Crippen molar-refractivity contribution in [1.29, 1.82) is 0 Å². The normalized spacial score (nSPS) is 9.94. The lowest BCUT2D eigenvalue weighted by atomic mass is 10.5. The molecule has 0 amide bonds. The summed E-state index contributed by atoms with van der Waals surface area (Å²) in [7, 11) is 0. The van der Waals surface area contributed by atoms with Gasteiger partial charge in [-0.3, -0.25) is 0 Å². The molecule has 0 saturated carbocycles. The Morgan fingerprint density at radius 1 is 1.44 bits per heavy atom. The maximum Gasteiger partial charge on any atom is 0.511 e. The predicted molar refractivity (Wildman–Crippen MR) is 51.6 cm³/mol. The maximum atomic E-state index is 11.2. The summed E-state index contributed by atoms with van der Waals surface area (Å²) >= 11 is 0. The second kappa shape index (κ2) is 5.74. The minimum atomic E-state index is -0.882. The number of nitrogens with one attached hydrogen (secondary N) is 1. The van der Waals surface area contributed by atoms with Crippen molar-refractivity contribution < 1.29 is 23.8 Å². The highest BCUT2D eigenvalue weighted by molar-refractivity contribution is 5.86. The van der Waals surface area contributed by atoms with Crippen molar-refractivity contribution >= 4 is 12.1 Å². The van der Waals surface area contributed by atoms with Gasteiger partial charge in [-0.25, -0.2) is 14.6 Å². The van der Waals surface area contributed by atoms with E-state index in [0.29, 0.717) is 0 Å². The van der Waals surface area contributed by atoms with Crippen molar-refractivity contribution in [3.8, 4) is 0 Å². The summed E-state index contributed by atoms with van der Waals surface area (Å²) < 4.78 is 13.7. The van der Waals surface area contributed by atoms with E-state index >= 15 is 0 Å². The van der Waals surface area contributed by atoms with Crippen molar-refractivity contribution in [2.45, 2.75) is 20.0 Å². The van der Waals surface area contributed by atoms with E-state index in [9.17, 15) is 9.59 Å². The molecule has 0 aliphatic rings. The molecule has 0 radical (unpaired) electrons. The van der Waals surface area contributed by atoms with Gasteiger partial charge in [-0.05, 0) is 13.8 Å². The topological polar surface area (TPSA) is 90.5 Å². The number of nitrogens with zero attached hydrogens (tertiary/aromatic N) is 1. The zero-order chi connectivity index (χ0) is 12.0. The number of hydrogen-bond acceptors (Lipinski definition) is 6. The molecule has 0 spiro atoms. The van der Waals surface area contributed by atoms with E-state index in [1.54, 1.807) is 13.8 Å². The average molecular weight is 228 g/mol. The maximum absolute atomic E-state index is 11.2. The van der Waals surface area contributed by atoms with Gasteiger partial charge in [-0.1, -0.05) is 0 Å². The van der Waals surface area contributed by atoms with Gasteiger partial charge in [0.05, 0.1) is 18.6 Å². The van der Waals surface area contributed by atoms with E-state index in [1.165, 1.54) is 12.5 Å². The van der Waals surface area contributed by atoms with Gasteiger partial charge in [-0.15, -0.1) is 0 Å². The number of esters is 1. The molecular weight excluding hydrogens is 216 g/mol. The molecule has 7 nitrogen and oxygen atoms in total. The molecule has 1 rings (SSSR count). The molecule has 0 aromatic carbocycles. The summed E-state index contributed by atoms with van der Waals surface area (Å²) in [5.74, 6) is -0.658. The first-order valence-electron chi connectivity index (χ1n) is 4.58. The lowest BCUT2D eigenvalue weighted by Gasteiger charge is -2.08. The molecule has 0 atom stereocenters. The number of carbonyl (C=O) groups excluding carboxylic acids is 2. The number of imidazole rings is 1. The lowest BCUT2D eigenvalue weighted by molar-refractivity contribution is -0.0347. The van der Waals surface area contributed by atoms with Crippen LogP contribution in [0.5, 0.6) is 0 Å². The first-order chi connectivity index (χ1) is 7.59. The van der Waals surface area contributed by atoms with E-state index in [-0.39, 0.29) is 11.8 Å². The highest BCUT2D eigenvalue weighted by atomic mass is 16.8. The predicted octanol–water partition coefficient (Wildman–Crippen LogP) is 1.09. The van der Waals surface area contributed by atoms with Crippen LogP contribution in [0.25, 0.3) is 0 Å². The summed E-state index contributed by atoms with van der Waals surface area (Å²) in [5, 5.41) is 0. The number of hydrogen-bond donors (Lipinski definition) is 1. The highest BCUT2D eigenvalue weighted by Gasteiger charge is 2.11. The molecule has 0 unspecified atom stereocenters. The van der Waals surface area contributed by atoms with E-state index in [1.807, 2.05) is 0 Å². The van der Waals surface area contributed by atoms with Crippen molar-refractivity contribution in [2.24, 2.45) is 0 Å². The fraction of sp³-hybridized carbons (Fsp3) is 0.444. The molecule has 1 heterocycles. The van der Waals surface area contributed by atoms with Gasteiger partial charge in [0.2, 0.25) is 6.79 Å². The van der Waals surface area contributed by atoms with Crippen LogP contribution in [-0.4, -0.2) is 35.0 Å². The van der Waals surface area contributed by atoms with Gasteiger partial charge >= 0.3 is 12.1 Å². The number of carbonyl (C=O) groups is 2. The van der Waals surface area contributed by atoms with Crippen LogP contribution in [0.4, 0.5) is 4.79 Å². The fourth-order valence-corrected chi connectivity index (χ4v) is 0.803. The molecule has 0 bridgehead atoms. The third-order valence-corrected chi connectivity index (χ3v) is 1.42. The summed E-state index contributed by atoms with van der Waals surface area (Å²) in [6.45, 7) is 2.86. The molecule has 88 valence electrons. The summed E-state index contributed by atoms with van der Waals surface area (Å²) in [4.78, 5) is 28.2. The van der Waals surface area contributed by atoms with Crippen LogP contribution >= 0.6 is 0 Å². The summed E-state index contributed by atoms with van der Waals surface area (Å²) in [5.41, 5.74) is 0.181. The SMILES string of the molecule is CC(C)OC(=O)OCOC(=O)c1cnc[nH]1. The largest absolute Gasteiger partial charge is 0.511 e. The summed E-state index contributed by atoms with van der Waals surface area (Å²) in [6.07, 6.45) is 1.47. The van der Waals surface area contributed by atoms with Gasteiger partial charge in [-0.2, -0.15) is 0 Å². The van der Waals surface area contributed by atoms with Crippen molar-refractivity contribution in [2.75, 3.05) is 6.79 Å². The second-order valence-electron chi connectivity index (χ2n) is 3.08. The molecule has 0 aliphatic carbocycles. The minimum Gasteiger partial charge on any atom is -0.431 e. The van der Waals surface area contributed by atoms with E-state index < -0.39 is 18.9 Å². The zero-order valence-corrected chi connectivity index (χ0v) is 8.93. The van der Waals surface area contributed by atoms with Crippen molar-refractivity contribution in [1.82, 2.24) is 9.97 Å². The molecule has 16 heavy (non-hydrogen) atoms. The molecule has 7 heteroatoms. The highest BCUT2D eigenvalue weighted by Crippen LogP contribution is 1.97. The first kappa shape index (κ1) is 12.0. The average Bonchev–Trinajstić information content (AvgIpc) is 2.68. The number of rotatable bonds is 4. The van der Waals surface area contributed by atoms with E-state index in [0.717, 1.165) is 0 Å². The van der Waals surface area contributed by atoms with Crippen molar-refractivity contribution in [3.63, 3.8) is 0 Å². The molecule has 0 fully saturated rings. The fourth-order valence-electron chi connectivity index (χ4n) is 0.803. The monoisotopic (exact) mass is 228 g/mol. The Labute approximate surface area is 91.7 Å². The van der Waals surface area contributed by atoms with Gasteiger partial charge in [0.25, 0.3) is 0 Å². The van der Waals surface area contributed by atoms with Crippen LogP contribution in [0.3, 0.4) is 0 Å². The third kappa shape index (κ3) is 3.99. The van der Waals surface area contributed by atoms with Gasteiger partial charge in [0.15, 0.2) is 0 Å². The van der Waals surface area contributed by atoms with Gasteiger partial charge in [0.1, 0.15) is 5.69 Å². The quantitative estimate of drug-likeness (QED) is 0.612. The number of aromatic nitrogens is 2. The third-order valence-electron chi connectivity index (χ3n) is 1.42. The first-order valence-corrected chi connectivity index (χ1v) is 4.58. The second-order valence-corrected chi connectivity index (χ2v) is 3.08. The van der Waals surface area contributed by atoms with Gasteiger partial charge < -0.3 is 19.2 Å². The molecule has 0 saturated heterocycles. The Kier molecular flexibility index (Phi) is 4.31. The minimum absolute atomic E-state index is 0.181. The molecular formula is C9H12N2O5. The van der Waals surface area contributed by atoms with Crippen LogP contribution in [0.1, 0.15) is 24.3 Å². The molecule has 0 aliphatic heterocycles. The molecule has 1 N–H and O–H groups in total. The van der Waals surface area contributed by atoms with Crippen LogP contribution in [0.15, 0.2) is 12.5 Å². The Morgan fingerprint density at radius 2 is 2.19 bits per heavy atom. The molecule has 1 aromatic rings. The van der Waals surface area contributed by atoms with Gasteiger partial charge in [0, 0.05) is 0 Å². The standard InChI is InChI=1S/C9H12N2O5/c1-6(2)16-9(13)15-5-14-8(12)7-3-10-4-11-7/h3-4,6H,5H2,1-2H3,(H,10,11). The van der Waals surface area contributed by atoms with Crippen LogP contribution < -0.4 is 0 Å². The van der Waals surface area contributed by atoms with Crippen LogP contribution in [0.2, 0.25) is 0 Å². The number of aromatic amines is 1. The van der Waals surface area contributed by atoms with E-state index in [2.05, 4.69) is 24.2 Å². The smallest absolute Gasteiger partial charge is 0.431 e. The Balaban J connectivity index is 2.21. The molecule has 1 aromatic heterocycles. The van der Waals surface area contributed by atoms with Crippen LogP contribution in [-0.2, 0) is 14.2 Å². The summed E-state index contributed by atoms with van der Waals surface area (Å²) in [6, 6.07) is 0. The van der Waals surface area contributed by atoms with Crippen molar-refractivity contribution in [3.05, 3.63) is 18.2 Å². The Bertz CT molecular complexity index is 347.